The average Bonchev–Trinajstić information content (AvgIpc) is 2.15. The van der Waals surface area contributed by atoms with Gasteiger partial charge in [-0.3, -0.25) is 9.78 Å². The molecule has 0 aliphatic rings. The Morgan fingerprint density at radius 3 is 2.29 bits per heavy atom. The summed E-state index contributed by atoms with van der Waals surface area (Å²) in [5, 5.41) is 9.75. The Hall–Kier alpha value is -1.22. The number of carbonyl (C=O) groups excluding carboxylic acids is 1. The first-order valence-electron chi connectivity index (χ1n) is 4.55. The molecule has 1 aromatic rings. The number of pyridine rings is 1. The predicted octanol–water partition coefficient (Wildman–Crippen LogP) is 1.73. The van der Waals surface area contributed by atoms with E-state index in [0.29, 0.717) is 5.56 Å². The first kappa shape index (κ1) is 10.9. The van der Waals surface area contributed by atoms with Crippen molar-refractivity contribution >= 4 is 5.78 Å². The molecule has 1 atom stereocenters. The minimum Gasteiger partial charge on any atom is -0.381 e. The Morgan fingerprint density at radius 1 is 1.36 bits per heavy atom. The molecule has 1 unspecified atom stereocenters. The highest BCUT2D eigenvalue weighted by Gasteiger charge is 2.28. The molecule has 0 aliphatic heterocycles. The van der Waals surface area contributed by atoms with Gasteiger partial charge in [-0.25, -0.2) is 0 Å². The van der Waals surface area contributed by atoms with E-state index < -0.39 is 11.5 Å². The number of aliphatic hydroxyl groups is 1. The lowest BCUT2D eigenvalue weighted by Crippen LogP contribution is -2.26. The van der Waals surface area contributed by atoms with Crippen LogP contribution >= 0.6 is 0 Å². The summed E-state index contributed by atoms with van der Waals surface area (Å²) in [6.45, 7) is 5.37. The number of rotatable bonds is 2. The van der Waals surface area contributed by atoms with Gasteiger partial charge in [0, 0.05) is 17.8 Å². The van der Waals surface area contributed by atoms with Gasteiger partial charge in [0.25, 0.3) is 0 Å². The second-order valence-electron chi connectivity index (χ2n) is 4.30. The van der Waals surface area contributed by atoms with E-state index in [-0.39, 0.29) is 5.78 Å². The number of hydrogen-bond donors (Lipinski definition) is 1. The van der Waals surface area contributed by atoms with E-state index in [1.165, 1.54) is 0 Å². The molecule has 0 spiro atoms. The van der Waals surface area contributed by atoms with Gasteiger partial charge in [-0.1, -0.05) is 20.8 Å². The third-order valence-corrected chi connectivity index (χ3v) is 2.01. The molecule has 3 nitrogen and oxygen atoms in total. The van der Waals surface area contributed by atoms with Crippen LogP contribution in [0.15, 0.2) is 24.5 Å². The summed E-state index contributed by atoms with van der Waals surface area (Å²) in [6, 6.07) is 3.29. The molecule has 0 bridgehead atoms. The lowest BCUT2D eigenvalue weighted by Gasteiger charge is -2.20. The fourth-order valence-corrected chi connectivity index (χ4v) is 1.11. The van der Waals surface area contributed by atoms with Crippen molar-refractivity contribution in [3.05, 3.63) is 30.1 Å². The lowest BCUT2D eigenvalue weighted by atomic mass is 9.85. The topological polar surface area (TPSA) is 50.2 Å². The van der Waals surface area contributed by atoms with Crippen LogP contribution in [0, 0.1) is 5.41 Å². The van der Waals surface area contributed by atoms with Crippen LogP contribution in [-0.4, -0.2) is 15.9 Å². The quantitative estimate of drug-likeness (QED) is 0.778. The Kier molecular flexibility index (Phi) is 3.01. The Balaban J connectivity index is 2.87. The van der Waals surface area contributed by atoms with E-state index in [4.69, 9.17) is 0 Å². The molecular weight excluding hydrogens is 178 g/mol. The van der Waals surface area contributed by atoms with E-state index in [9.17, 15) is 9.90 Å². The van der Waals surface area contributed by atoms with Crippen LogP contribution in [0.1, 0.15) is 32.4 Å². The van der Waals surface area contributed by atoms with Gasteiger partial charge in [0.2, 0.25) is 0 Å². The highest BCUT2D eigenvalue weighted by molar-refractivity contribution is 5.88. The second-order valence-corrected chi connectivity index (χ2v) is 4.30. The van der Waals surface area contributed by atoms with Gasteiger partial charge in [0.05, 0.1) is 0 Å². The van der Waals surface area contributed by atoms with Crippen molar-refractivity contribution in [1.29, 1.82) is 0 Å². The molecule has 0 radical (unpaired) electrons. The number of ketones is 1. The maximum atomic E-state index is 11.7. The normalized spacial score (nSPS) is 13.7. The summed E-state index contributed by atoms with van der Waals surface area (Å²) >= 11 is 0. The molecular formula is C11H15NO2. The molecule has 1 aromatic heterocycles. The number of carbonyl (C=O) groups is 1. The first-order valence-corrected chi connectivity index (χ1v) is 4.55. The zero-order valence-electron chi connectivity index (χ0n) is 8.69. The summed E-state index contributed by atoms with van der Waals surface area (Å²) in [4.78, 5) is 15.5. The Labute approximate surface area is 83.8 Å². The van der Waals surface area contributed by atoms with Crippen molar-refractivity contribution < 1.29 is 9.90 Å². The number of hydrogen-bond acceptors (Lipinski definition) is 3. The number of aliphatic hydroxyl groups excluding tert-OH is 1. The molecule has 1 rings (SSSR count). The highest BCUT2D eigenvalue weighted by Crippen LogP contribution is 2.24. The summed E-state index contributed by atoms with van der Waals surface area (Å²) in [7, 11) is 0. The molecule has 1 heterocycles. The second kappa shape index (κ2) is 3.88. The molecule has 0 aromatic carbocycles. The van der Waals surface area contributed by atoms with Gasteiger partial charge in [-0.15, -0.1) is 0 Å². The molecule has 76 valence electrons. The van der Waals surface area contributed by atoms with Gasteiger partial charge in [-0.05, 0) is 17.7 Å². The summed E-state index contributed by atoms with van der Waals surface area (Å²) in [6.07, 6.45) is 2.08. The Morgan fingerprint density at radius 2 is 1.86 bits per heavy atom. The van der Waals surface area contributed by atoms with Crippen LogP contribution in [0.25, 0.3) is 0 Å². The minimum absolute atomic E-state index is 0.177. The smallest absolute Gasteiger partial charge is 0.171 e. The minimum atomic E-state index is -1.04. The molecule has 0 saturated carbocycles. The van der Waals surface area contributed by atoms with E-state index in [1.54, 1.807) is 45.3 Å². The molecule has 14 heavy (non-hydrogen) atoms. The van der Waals surface area contributed by atoms with Gasteiger partial charge in [0.15, 0.2) is 5.78 Å². The molecule has 0 aliphatic carbocycles. The van der Waals surface area contributed by atoms with E-state index >= 15 is 0 Å². The van der Waals surface area contributed by atoms with Gasteiger partial charge in [0.1, 0.15) is 6.10 Å². The van der Waals surface area contributed by atoms with Crippen molar-refractivity contribution in [2.45, 2.75) is 26.9 Å². The molecule has 0 saturated heterocycles. The van der Waals surface area contributed by atoms with E-state index in [1.807, 2.05) is 0 Å². The Bertz CT molecular complexity index is 314. The zero-order valence-corrected chi connectivity index (χ0v) is 8.69. The molecule has 1 N–H and O–H groups in total. The van der Waals surface area contributed by atoms with Gasteiger partial charge in [-0.2, -0.15) is 0 Å². The largest absolute Gasteiger partial charge is 0.381 e. The zero-order chi connectivity index (χ0) is 10.8. The molecule has 0 amide bonds. The maximum Gasteiger partial charge on any atom is 0.171 e. The highest BCUT2D eigenvalue weighted by atomic mass is 16.3. The summed E-state index contributed by atoms with van der Waals surface area (Å²) < 4.78 is 0. The summed E-state index contributed by atoms with van der Waals surface area (Å²) in [5.74, 6) is -0.177. The molecule has 0 fully saturated rings. The fourth-order valence-electron chi connectivity index (χ4n) is 1.11. The third-order valence-electron chi connectivity index (χ3n) is 2.01. The number of nitrogens with zero attached hydrogens (tertiary/aromatic N) is 1. The lowest BCUT2D eigenvalue weighted by molar-refractivity contribution is -0.135. The SMILES string of the molecule is CC(C)(C)C(=O)C(O)c1ccncc1. The predicted molar refractivity (Wildman–Crippen MR) is 53.7 cm³/mol. The van der Waals surface area contributed by atoms with Crippen molar-refractivity contribution in [3.8, 4) is 0 Å². The van der Waals surface area contributed by atoms with Gasteiger partial charge >= 0.3 is 0 Å². The van der Waals surface area contributed by atoms with Crippen LogP contribution in [0.4, 0.5) is 0 Å². The third kappa shape index (κ3) is 2.39. The van der Waals surface area contributed by atoms with Crippen LogP contribution in [0.5, 0.6) is 0 Å². The van der Waals surface area contributed by atoms with E-state index in [2.05, 4.69) is 4.98 Å². The van der Waals surface area contributed by atoms with Gasteiger partial charge < -0.3 is 5.11 Å². The van der Waals surface area contributed by atoms with Crippen molar-refractivity contribution in [3.63, 3.8) is 0 Å². The van der Waals surface area contributed by atoms with Crippen molar-refractivity contribution in [2.24, 2.45) is 5.41 Å². The van der Waals surface area contributed by atoms with Crippen molar-refractivity contribution in [1.82, 2.24) is 4.98 Å². The summed E-state index contributed by atoms with van der Waals surface area (Å²) in [5.41, 5.74) is 0.0720. The van der Waals surface area contributed by atoms with Crippen LogP contribution in [0.3, 0.4) is 0 Å². The standard InChI is InChI=1S/C11H15NO2/c1-11(2,3)10(14)9(13)8-4-6-12-7-5-8/h4-7,9,13H,1-3H3. The number of Topliss-reactive ketones (excluding diaryl/α,β-unsaturated/α-hetero) is 1. The van der Waals surface area contributed by atoms with Crippen LogP contribution in [-0.2, 0) is 4.79 Å². The van der Waals surface area contributed by atoms with E-state index in [0.717, 1.165) is 0 Å². The average molecular weight is 193 g/mol. The maximum absolute atomic E-state index is 11.7. The number of aromatic nitrogens is 1. The molecule has 3 heteroatoms. The fraction of sp³-hybridized carbons (Fsp3) is 0.455. The first-order chi connectivity index (χ1) is 6.43. The van der Waals surface area contributed by atoms with Crippen LogP contribution < -0.4 is 0 Å². The van der Waals surface area contributed by atoms with Crippen LogP contribution in [0.2, 0.25) is 0 Å². The van der Waals surface area contributed by atoms with Crippen molar-refractivity contribution in [2.75, 3.05) is 0 Å². The monoisotopic (exact) mass is 193 g/mol.